The minimum atomic E-state index is -3.50. The van der Waals surface area contributed by atoms with Gasteiger partial charge < -0.3 is 4.57 Å². The van der Waals surface area contributed by atoms with Gasteiger partial charge in [0.15, 0.2) is 0 Å². The van der Waals surface area contributed by atoms with Gasteiger partial charge in [0, 0.05) is 36.9 Å². The van der Waals surface area contributed by atoms with E-state index in [0.29, 0.717) is 12.1 Å². The number of hydrogen-bond donors (Lipinski definition) is 0. The minimum absolute atomic E-state index is 0.0285. The van der Waals surface area contributed by atoms with Crippen LogP contribution in [-0.2, 0) is 16.6 Å². The zero-order chi connectivity index (χ0) is 17.5. The molecule has 128 valence electrons. The Morgan fingerprint density at radius 2 is 1.96 bits per heavy atom. The number of aryl methyl sites for hydroxylation is 1. The van der Waals surface area contributed by atoms with Crippen molar-refractivity contribution in [2.45, 2.75) is 27.3 Å². The Kier molecular flexibility index (Phi) is 4.21. The summed E-state index contributed by atoms with van der Waals surface area (Å²) in [6, 6.07) is 5.62. The fourth-order valence-electron chi connectivity index (χ4n) is 3.17. The van der Waals surface area contributed by atoms with Crippen LogP contribution < -0.4 is 0 Å². The highest BCUT2D eigenvalue weighted by atomic mass is 32.2. The quantitative estimate of drug-likeness (QED) is 0.851. The van der Waals surface area contributed by atoms with E-state index in [1.54, 1.807) is 18.5 Å². The summed E-state index contributed by atoms with van der Waals surface area (Å²) in [7, 11) is -3.50. The molecule has 1 amide bonds. The Morgan fingerprint density at radius 3 is 2.54 bits per heavy atom. The van der Waals surface area contributed by atoms with Gasteiger partial charge in [-0.15, -0.1) is 0 Å². The number of rotatable bonds is 3. The van der Waals surface area contributed by atoms with Gasteiger partial charge in [-0.05, 0) is 43.5 Å². The van der Waals surface area contributed by atoms with E-state index in [4.69, 9.17) is 0 Å². The predicted molar refractivity (Wildman–Crippen MR) is 91.2 cm³/mol. The second-order valence-electron chi connectivity index (χ2n) is 6.45. The third-order valence-corrected chi connectivity index (χ3v) is 6.41. The van der Waals surface area contributed by atoms with Crippen LogP contribution in [0.1, 0.15) is 34.2 Å². The largest absolute Gasteiger partial charge is 0.344 e. The zero-order valence-corrected chi connectivity index (χ0v) is 14.9. The fourth-order valence-corrected chi connectivity index (χ4v) is 5.01. The second-order valence-corrected chi connectivity index (χ2v) is 8.38. The first-order valence-electron chi connectivity index (χ1n) is 7.90. The molecule has 1 atom stereocenters. The normalized spacial score (nSPS) is 19.6. The van der Waals surface area contributed by atoms with Crippen LogP contribution in [-0.4, -0.2) is 40.5 Å². The average molecular weight is 347 g/mol. The van der Waals surface area contributed by atoms with E-state index in [9.17, 15) is 13.2 Å². The maximum absolute atomic E-state index is 12.8. The maximum atomic E-state index is 12.8. The van der Waals surface area contributed by atoms with Crippen molar-refractivity contribution >= 4 is 15.9 Å². The van der Waals surface area contributed by atoms with E-state index in [1.165, 1.54) is 0 Å². The van der Waals surface area contributed by atoms with Crippen LogP contribution >= 0.6 is 0 Å². The minimum Gasteiger partial charge on any atom is -0.344 e. The van der Waals surface area contributed by atoms with Gasteiger partial charge in [-0.3, -0.25) is 9.78 Å². The molecule has 0 N–H and O–H groups in total. The number of carbonyl (C=O) groups excluding carboxylic acids is 1. The highest BCUT2D eigenvalue weighted by Gasteiger charge is 2.38. The number of carbonyl (C=O) groups is 1. The molecule has 24 heavy (non-hydrogen) atoms. The number of amides is 1. The summed E-state index contributed by atoms with van der Waals surface area (Å²) >= 11 is 0. The van der Waals surface area contributed by atoms with Crippen molar-refractivity contribution in [2.24, 2.45) is 5.92 Å². The Bertz CT molecular complexity index is 872. The first-order valence-corrected chi connectivity index (χ1v) is 9.51. The van der Waals surface area contributed by atoms with Crippen LogP contribution in [0.3, 0.4) is 0 Å². The molecular formula is C17H21N3O3S. The summed E-state index contributed by atoms with van der Waals surface area (Å²) in [5.41, 5.74) is 3.24. The fraction of sp³-hybridized carbons (Fsp3) is 0.412. The molecule has 1 aliphatic heterocycles. The molecule has 1 saturated heterocycles. The number of hydrogen-bond acceptors (Lipinski definition) is 4. The molecule has 2 aromatic heterocycles. The van der Waals surface area contributed by atoms with E-state index in [-0.39, 0.29) is 18.2 Å². The van der Waals surface area contributed by atoms with Crippen molar-refractivity contribution in [3.63, 3.8) is 0 Å². The molecule has 3 rings (SSSR count). The molecule has 2 aromatic rings. The lowest BCUT2D eigenvalue weighted by Gasteiger charge is -2.15. The molecule has 6 nitrogen and oxygen atoms in total. The van der Waals surface area contributed by atoms with Crippen LogP contribution in [0.5, 0.6) is 0 Å². The van der Waals surface area contributed by atoms with Crippen molar-refractivity contribution in [1.82, 2.24) is 13.9 Å². The molecule has 1 aliphatic rings. The van der Waals surface area contributed by atoms with Gasteiger partial charge in [0.1, 0.15) is 0 Å². The van der Waals surface area contributed by atoms with E-state index in [2.05, 4.69) is 4.98 Å². The topological polar surface area (TPSA) is 72.3 Å². The smallest absolute Gasteiger partial charge is 0.269 e. The first-order chi connectivity index (χ1) is 11.3. The lowest BCUT2D eigenvalue weighted by molar-refractivity contribution is 0.0862. The van der Waals surface area contributed by atoms with Crippen molar-refractivity contribution in [2.75, 3.05) is 12.3 Å². The molecule has 0 spiro atoms. The van der Waals surface area contributed by atoms with Crippen LogP contribution in [0.25, 0.3) is 0 Å². The van der Waals surface area contributed by atoms with E-state index in [0.717, 1.165) is 21.3 Å². The van der Waals surface area contributed by atoms with Gasteiger partial charge in [-0.25, -0.2) is 12.7 Å². The Labute approximate surface area is 142 Å². The predicted octanol–water partition coefficient (Wildman–Crippen LogP) is 1.97. The van der Waals surface area contributed by atoms with Crippen molar-refractivity contribution < 1.29 is 13.2 Å². The molecule has 0 aromatic carbocycles. The van der Waals surface area contributed by atoms with Gasteiger partial charge in [-0.1, -0.05) is 6.92 Å². The standard InChI is InChI=1S/C17H21N3O3S/c1-12-9-20(24(22,23)11-12)17(21)16-8-13(2)19(14(16)3)10-15-4-6-18-7-5-15/h4-8,12H,9-11H2,1-3H3. The zero-order valence-electron chi connectivity index (χ0n) is 14.1. The third kappa shape index (κ3) is 2.96. The van der Waals surface area contributed by atoms with E-state index in [1.807, 2.05) is 37.5 Å². The SMILES string of the molecule is Cc1cc(C(=O)N2CC(C)CS2(=O)=O)c(C)n1Cc1ccncc1. The lowest BCUT2D eigenvalue weighted by atomic mass is 10.2. The second kappa shape index (κ2) is 6.05. The Hall–Kier alpha value is -2.15. The summed E-state index contributed by atoms with van der Waals surface area (Å²) < 4.78 is 27.4. The molecule has 1 unspecified atom stereocenters. The van der Waals surface area contributed by atoms with Gasteiger partial charge >= 0.3 is 0 Å². The lowest BCUT2D eigenvalue weighted by Crippen LogP contribution is -2.33. The van der Waals surface area contributed by atoms with Crippen LogP contribution in [0, 0.1) is 19.8 Å². The van der Waals surface area contributed by atoms with Crippen LogP contribution in [0.2, 0.25) is 0 Å². The molecule has 3 heterocycles. The number of aromatic nitrogens is 2. The Balaban J connectivity index is 1.93. The first kappa shape index (κ1) is 16.7. The average Bonchev–Trinajstić information content (AvgIpc) is 2.96. The monoisotopic (exact) mass is 347 g/mol. The van der Waals surface area contributed by atoms with Crippen LogP contribution in [0.4, 0.5) is 0 Å². The molecule has 7 heteroatoms. The molecular weight excluding hydrogens is 326 g/mol. The molecule has 0 bridgehead atoms. The maximum Gasteiger partial charge on any atom is 0.269 e. The van der Waals surface area contributed by atoms with Gasteiger partial charge in [0.05, 0.1) is 11.3 Å². The number of pyridine rings is 1. The van der Waals surface area contributed by atoms with Crippen molar-refractivity contribution in [1.29, 1.82) is 0 Å². The molecule has 0 aliphatic carbocycles. The number of nitrogens with zero attached hydrogens (tertiary/aromatic N) is 3. The summed E-state index contributed by atoms with van der Waals surface area (Å²) in [5.74, 6) is -0.415. The summed E-state index contributed by atoms with van der Waals surface area (Å²) in [4.78, 5) is 16.8. The van der Waals surface area contributed by atoms with Gasteiger partial charge in [0.25, 0.3) is 5.91 Å². The van der Waals surface area contributed by atoms with Crippen molar-refractivity contribution in [3.8, 4) is 0 Å². The van der Waals surface area contributed by atoms with Gasteiger partial charge in [0.2, 0.25) is 10.0 Å². The molecule has 0 saturated carbocycles. The van der Waals surface area contributed by atoms with E-state index >= 15 is 0 Å². The summed E-state index contributed by atoms with van der Waals surface area (Å²) in [5, 5.41) is 0. The highest BCUT2D eigenvalue weighted by Crippen LogP contribution is 2.25. The third-order valence-electron chi connectivity index (χ3n) is 4.43. The summed E-state index contributed by atoms with van der Waals surface area (Å²) in [6.45, 7) is 6.50. The Morgan fingerprint density at radius 1 is 1.29 bits per heavy atom. The van der Waals surface area contributed by atoms with Gasteiger partial charge in [-0.2, -0.15) is 0 Å². The van der Waals surface area contributed by atoms with E-state index < -0.39 is 15.9 Å². The highest BCUT2D eigenvalue weighted by molar-refractivity contribution is 7.89. The number of sulfonamides is 1. The van der Waals surface area contributed by atoms with Crippen LogP contribution in [0.15, 0.2) is 30.6 Å². The molecule has 1 fully saturated rings. The van der Waals surface area contributed by atoms with Crippen molar-refractivity contribution in [3.05, 3.63) is 53.1 Å². The summed E-state index contributed by atoms with van der Waals surface area (Å²) in [6.07, 6.45) is 3.46. The molecule has 0 radical (unpaired) electrons.